The number of hydrogen-bond acceptors (Lipinski definition) is 7. The van der Waals surface area contributed by atoms with Crippen LogP contribution in [0.1, 0.15) is 33.3 Å². The molecule has 4 aromatic rings. The van der Waals surface area contributed by atoms with E-state index in [1.165, 1.54) is 16.2 Å². The third-order valence-corrected chi connectivity index (χ3v) is 5.68. The van der Waals surface area contributed by atoms with Gasteiger partial charge >= 0.3 is 0 Å². The Morgan fingerprint density at radius 1 is 1.17 bits per heavy atom. The fourth-order valence-corrected chi connectivity index (χ4v) is 4.27. The first-order chi connectivity index (χ1) is 14.1. The summed E-state index contributed by atoms with van der Waals surface area (Å²) in [5, 5.41) is 8.76. The van der Waals surface area contributed by atoms with Crippen molar-refractivity contribution in [3.8, 4) is 5.75 Å². The quantitative estimate of drug-likeness (QED) is 0.517. The van der Waals surface area contributed by atoms with Gasteiger partial charge in [0.1, 0.15) is 16.8 Å². The molecule has 8 heteroatoms. The standard InChI is InChI=1S/C21H15N3O4S/c1-11-6-7-15-14(8-11)18(25)16-17(12-4-3-5-13(9-12)27-2)24(20(26)19(16)28-15)21-23-22-10-29-21/h3-10,17H,1-2H3/t17-/m1/s1. The second-order valence-electron chi connectivity index (χ2n) is 6.75. The molecule has 0 unspecified atom stereocenters. The molecule has 0 fully saturated rings. The minimum Gasteiger partial charge on any atom is -0.497 e. The number of carbonyl (C=O) groups is 1. The van der Waals surface area contributed by atoms with E-state index in [1.807, 2.05) is 31.2 Å². The maximum atomic E-state index is 13.5. The van der Waals surface area contributed by atoms with E-state index in [0.717, 1.165) is 11.1 Å². The van der Waals surface area contributed by atoms with Crippen LogP contribution in [0.2, 0.25) is 0 Å². The van der Waals surface area contributed by atoms with Crippen LogP contribution in [-0.4, -0.2) is 23.2 Å². The second-order valence-corrected chi connectivity index (χ2v) is 7.56. The zero-order valence-electron chi connectivity index (χ0n) is 15.6. The molecule has 7 nitrogen and oxygen atoms in total. The highest BCUT2D eigenvalue weighted by atomic mass is 32.1. The monoisotopic (exact) mass is 405 g/mol. The molecular weight excluding hydrogens is 390 g/mol. The maximum absolute atomic E-state index is 13.5. The minimum absolute atomic E-state index is 0.0365. The number of amides is 1. The highest BCUT2D eigenvalue weighted by Crippen LogP contribution is 2.42. The summed E-state index contributed by atoms with van der Waals surface area (Å²) in [6.45, 7) is 1.91. The number of aryl methyl sites for hydroxylation is 1. The predicted octanol–water partition coefficient (Wildman–Crippen LogP) is 3.71. The number of benzene rings is 2. The first-order valence-electron chi connectivity index (χ1n) is 8.89. The zero-order valence-corrected chi connectivity index (χ0v) is 16.4. The van der Waals surface area contributed by atoms with Crippen molar-refractivity contribution in [2.45, 2.75) is 13.0 Å². The number of rotatable bonds is 3. The van der Waals surface area contributed by atoms with E-state index in [0.29, 0.717) is 27.4 Å². The van der Waals surface area contributed by atoms with Crippen LogP contribution < -0.4 is 15.1 Å². The summed E-state index contributed by atoms with van der Waals surface area (Å²) in [6, 6.07) is 11.9. The summed E-state index contributed by atoms with van der Waals surface area (Å²) < 4.78 is 11.3. The minimum atomic E-state index is -0.679. The van der Waals surface area contributed by atoms with E-state index >= 15 is 0 Å². The van der Waals surface area contributed by atoms with Crippen LogP contribution in [0.3, 0.4) is 0 Å². The molecule has 0 radical (unpaired) electrons. The van der Waals surface area contributed by atoms with Crippen LogP contribution in [-0.2, 0) is 0 Å². The van der Waals surface area contributed by atoms with E-state index in [9.17, 15) is 9.59 Å². The fourth-order valence-electron chi connectivity index (χ4n) is 3.68. The van der Waals surface area contributed by atoms with Crippen molar-refractivity contribution >= 4 is 33.3 Å². The van der Waals surface area contributed by atoms with Crippen molar-refractivity contribution in [3.63, 3.8) is 0 Å². The third kappa shape index (κ3) is 2.64. The van der Waals surface area contributed by atoms with Gasteiger partial charge in [-0.15, -0.1) is 10.2 Å². The number of aromatic nitrogens is 2. The molecule has 29 heavy (non-hydrogen) atoms. The summed E-state index contributed by atoms with van der Waals surface area (Å²) in [6.07, 6.45) is 0. The van der Waals surface area contributed by atoms with Crippen LogP contribution in [0, 0.1) is 6.92 Å². The summed E-state index contributed by atoms with van der Waals surface area (Å²) in [5.41, 5.74) is 3.67. The van der Waals surface area contributed by atoms with Crippen LogP contribution in [0.25, 0.3) is 11.0 Å². The highest BCUT2D eigenvalue weighted by Gasteiger charge is 2.45. The zero-order chi connectivity index (χ0) is 20.1. The summed E-state index contributed by atoms with van der Waals surface area (Å²) in [7, 11) is 1.57. The molecule has 1 aliphatic rings. The van der Waals surface area contributed by atoms with Crippen LogP contribution in [0.15, 0.2) is 57.2 Å². The highest BCUT2D eigenvalue weighted by molar-refractivity contribution is 7.13. The lowest BCUT2D eigenvalue weighted by atomic mass is 9.98. The van der Waals surface area contributed by atoms with Gasteiger partial charge in [-0.1, -0.05) is 35.1 Å². The van der Waals surface area contributed by atoms with Gasteiger partial charge in [-0.2, -0.15) is 0 Å². The molecule has 0 spiro atoms. The van der Waals surface area contributed by atoms with Gasteiger partial charge in [0.05, 0.1) is 24.1 Å². The fraction of sp³-hybridized carbons (Fsp3) is 0.143. The van der Waals surface area contributed by atoms with E-state index in [4.69, 9.17) is 9.15 Å². The molecule has 1 amide bonds. The smallest absolute Gasteiger partial charge is 0.297 e. The Morgan fingerprint density at radius 2 is 2.03 bits per heavy atom. The van der Waals surface area contributed by atoms with Crippen LogP contribution in [0.5, 0.6) is 5.75 Å². The molecule has 144 valence electrons. The van der Waals surface area contributed by atoms with Gasteiger partial charge in [-0.3, -0.25) is 14.5 Å². The van der Waals surface area contributed by atoms with E-state index < -0.39 is 11.9 Å². The third-order valence-electron chi connectivity index (χ3n) is 4.99. The second kappa shape index (κ2) is 6.52. The molecule has 0 aliphatic carbocycles. The van der Waals surface area contributed by atoms with Crippen LogP contribution >= 0.6 is 11.3 Å². The first kappa shape index (κ1) is 17.6. The van der Waals surface area contributed by atoms with E-state index in [2.05, 4.69) is 10.2 Å². The van der Waals surface area contributed by atoms with Gasteiger partial charge in [-0.25, -0.2) is 0 Å². The Labute approximate surface area is 169 Å². The van der Waals surface area contributed by atoms with Gasteiger partial charge in [0.2, 0.25) is 10.9 Å². The molecule has 1 atom stereocenters. The SMILES string of the molecule is COc1cccc([C@@H]2c3c(oc4ccc(C)cc4c3=O)C(=O)N2c2nncs2)c1. The van der Waals surface area contributed by atoms with Gasteiger partial charge in [0, 0.05) is 0 Å². The number of fused-ring (bicyclic) bond motifs is 2. The van der Waals surface area contributed by atoms with E-state index in [1.54, 1.807) is 30.8 Å². The number of hydrogen-bond donors (Lipinski definition) is 0. The Bertz CT molecular complexity index is 1310. The van der Waals surface area contributed by atoms with Crippen LogP contribution in [0.4, 0.5) is 5.13 Å². The van der Waals surface area contributed by atoms with Crippen molar-refractivity contribution < 1.29 is 13.9 Å². The van der Waals surface area contributed by atoms with Gasteiger partial charge in [-0.05, 0) is 36.8 Å². The Morgan fingerprint density at radius 3 is 2.79 bits per heavy atom. The van der Waals surface area contributed by atoms with Crippen molar-refractivity contribution in [1.82, 2.24) is 10.2 Å². The lowest BCUT2D eigenvalue weighted by Gasteiger charge is -2.22. The first-order valence-corrected chi connectivity index (χ1v) is 9.77. The molecular formula is C21H15N3O4S. The molecule has 2 aromatic heterocycles. The lowest BCUT2D eigenvalue weighted by Crippen LogP contribution is -2.29. The normalized spacial score (nSPS) is 15.7. The molecule has 0 N–H and O–H groups in total. The largest absolute Gasteiger partial charge is 0.497 e. The number of nitrogens with zero attached hydrogens (tertiary/aromatic N) is 3. The topological polar surface area (TPSA) is 85.5 Å². The molecule has 2 aromatic carbocycles. The summed E-state index contributed by atoms with van der Waals surface area (Å²) in [5.74, 6) is 0.250. The van der Waals surface area contributed by atoms with Crippen molar-refractivity contribution in [3.05, 3.63) is 80.6 Å². The van der Waals surface area contributed by atoms with Crippen molar-refractivity contribution in [2.75, 3.05) is 12.0 Å². The molecule has 1 aliphatic heterocycles. The number of anilines is 1. The Hall–Kier alpha value is -3.52. The molecule has 0 bridgehead atoms. The number of ether oxygens (including phenoxy) is 1. The lowest BCUT2D eigenvalue weighted by molar-refractivity contribution is 0.0970. The Balaban J connectivity index is 1.83. The van der Waals surface area contributed by atoms with Gasteiger partial charge < -0.3 is 9.15 Å². The van der Waals surface area contributed by atoms with Gasteiger partial charge in [0.15, 0.2) is 5.43 Å². The number of carbonyl (C=O) groups excluding carboxylic acids is 1. The molecule has 5 rings (SSSR count). The average Bonchev–Trinajstić information content (AvgIpc) is 3.35. The van der Waals surface area contributed by atoms with Crippen molar-refractivity contribution in [2.24, 2.45) is 0 Å². The summed E-state index contributed by atoms with van der Waals surface area (Å²) >= 11 is 1.22. The molecule has 0 saturated heterocycles. The predicted molar refractivity (Wildman–Crippen MR) is 109 cm³/mol. The van der Waals surface area contributed by atoms with Gasteiger partial charge in [0.25, 0.3) is 5.91 Å². The maximum Gasteiger partial charge on any atom is 0.297 e. The summed E-state index contributed by atoms with van der Waals surface area (Å²) in [4.78, 5) is 28.2. The molecule has 0 saturated carbocycles. The average molecular weight is 405 g/mol. The van der Waals surface area contributed by atoms with E-state index in [-0.39, 0.29) is 11.2 Å². The molecule has 3 heterocycles. The number of methoxy groups -OCH3 is 1. The van der Waals surface area contributed by atoms with Crippen molar-refractivity contribution in [1.29, 1.82) is 0 Å². The Kier molecular flexibility index (Phi) is 3.95.